The summed E-state index contributed by atoms with van der Waals surface area (Å²) in [6.45, 7) is 4.65. The molecule has 0 unspecified atom stereocenters. The number of alkyl halides is 6. The zero-order valence-electron chi connectivity index (χ0n) is 26.9. The number of benzene rings is 3. The van der Waals surface area contributed by atoms with Crippen LogP contribution in [0.3, 0.4) is 0 Å². The predicted octanol–water partition coefficient (Wildman–Crippen LogP) is 8.71. The van der Waals surface area contributed by atoms with Crippen LogP contribution < -0.4 is 25.6 Å². The average molecular weight is 746 g/mol. The first-order chi connectivity index (χ1) is 23.4. The summed E-state index contributed by atoms with van der Waals surface area (Å²) in [7, 11) is 0. The maximum Gasteiger partial charge on any atom is 0.573 e. The van der Waals surface area contributed by atoms with Gasteiger partial charge in [0.05, 0.1) is 44.6 Å². The van der Waals surface area contributed by atoms with Crippen LogP contribution in [0.1, 0.15) is 43.1 Å². The van der Waals surface area contributed by atoms with Gasteiger partial charge < -0.3 is 30.2 Å². The van der Waals surface area contributed by atoms with Gasteiger partial charge in [-0.25, -0.2) is 18.2 Å². The monoisotopic (exact) mass is 744 g/mol. The molecule has 1 saturated heterocycles. The van der Waals surface area contributed by atoms with E-state index in [0.717, 1.165) is 12.1 Å². The molecule has 17 heteroatoms. The minimum absolute atomic E-state index is 0.0168. The number of amides is 2. The van der Waals surface area contributed by atoms with Crippen molar-refractivity contribution in [2.45, 2.75) is 59.2 Å². The number of halogens is 8. The first kappa shape index (κ1) is 36.9. The van der Waals surface area contributed by atoms with Crippen molar-refractivity contribution >= 4 is 69.1 Å². The van der Waals surface area contributed by atoms with Gasteiger partial charge >= 0.3 is 6.36 Å². The Labute approximate surface area is 292 Å². The van der Waals surface area contributed by atoms with Gasteiger partial charge in [0.25, 0.3) is 12.3 Å². The summed E-state index contributed by atoms with van der Waals surface area (Å²) in [5, 5.41) is 8.59. The minimum atomic E-state index is -4.90. The van der Waals surface area contributed by atoms with Crippen molar-refractivity contribution in [2.75, 3.05) is 28.6 Å². The van der Waals surface area contributed by atoms with Crippen LogP contribution in [0.5, 0.6) is 5.75 Å². The number of carbonyl (C=O) groups is 2. The number of fused-ring (bicyclic) bond motifs is 1. The third-order valence-corrected chi connectivity index (χ3v) is 8.52. The van der Waals surface area contributed by atoms with Crippen molar-refractivity contribution < 1.29 is 40.7 Å². The summed E-state index contributed by atoms with van der Waals surface area (Å²) in [6.07, 6.45) is -8.76. The van der Waals surface area contributed by atoms with Crippen molar-refractivity contribution in [1.29, 1.82) is 0 Å². The second-order valence-electron chi connectivity index (χ2n) is 12.6. The smallest absolute Gasteiger partial charge is 0.406 e. The Kier molecular flexibility index (Phi) is 10.7. The summed E-state index contributed by atoms with van der Waals surface area (Å²) in [5.74, 6) is -1.51. The van der Waals surface area contributed by atoms with Crippen molar-refractivity contribution in [3.63, 3.8) is 0 Å². The fourth-order valence-corrected chi connectivity index (χ4v) is 5.83. The highest BCUT2D eigenvalue weighted by Crippen LogP contribution is 2.38. The number of nitrogens with one attached hydrogen (secondary N) is 3. The maximum atomic E-state index is 14.4. The van der Waals surface area contributed by atoms with Gasteiger partial charge in [0.15, 0.2) is 0 Å². The first-order valence-corrected chi connectivity index (χ1v) is 16.1. The number of rotatable bonds is 10. The molecule has 1 aromatic heterocycles. The fourth-order valence-electron chi connectivity index (χ4n) is 5.30. The molecule has 2 amide bonds. The molecule has 9 nitrogen and oxygen atoms in total. The van der Waals surface area contributed by atoms with Crippen LogP contribution >= 0.6 is 23.2 Å². The Balaban J connectivity index is 1.53. The van der Waals surface area contributed by atoms with Crippen molar-refractivity contribution in [1.82, 2.24) is 14.9 Å². The van der Waals surface area contributed by atoms with E-state index in [1.807, 2.05) is 0 Å². The van der Waals surface area contributed by atoms with Crippen LogP contribution in [-0.4, -0.2) is 53.4 Å². The van der Waals surface area contributed by atoms with Crippen LogP contribution in [0, 0.1) is 5.41 Å². The molecule has 0 spiro atoms. The lowest BCUT2D eigenvalue weighted by atomic mass is 9.95. The predicted molar refractivity (Wildman–Crippen MR) is 180 cm³/mol. The van der Waals surface area contributed by atoms with Crippen LogP contribution in [0.15, 0.2) is 48.5 Å². The van der Waals surface area contributed by atoms with Gasteiger partial charge in [-0.05, 0) is 54.4 Å². The van der Waals surface area contributed by atoms with Crippen molar-refractivity contribution in [2.24, 2.45) is 5.41 Å². The van der Waals surface area contributed by atoms with Gasteiger partial charge in [0.2, 0.25) is 11.9 Å². The van der Waals surface area contributed by atoms with E-state index >= 15 is 0 Å². The molecule has 1 aliphatic heterocycles. The summed E-state index contributed by atoms with van der Waals surface area (Å²) in [5.41, 5.74) is 0.660. The summed E-state index contributed by atoms with van der Waals surface area (Å²) in [4.78, 5) is 32.2. The Morgan fingerprint density at radius 3 is 2.36 bits per heavy atom. The summed E-state index contributed by atoms with van der Waals surface area (Å²) >= 11 is 13.2. The fraction of sp³-hybridized carbons (Fsp3) is 0.364. The van der Waals surface area contributed by atoms with E-state index in [0.29, 0.717) is 5.56 Å². The van der Waals surface area contributed by atoms with E-state index in [1.54, 1.807) is 31.7 Å². The number of hydrogen-bond donors (Lipinski definition) is 3. The number of ether oxygens (including phenoxy) is 1. The molecule has 1 aliphatic rings. The highest BCUT2D eigenvalue weighted by Gasteiger charge is 2.31. The van der Waals surface area contributed by atoms with E-state index in [1.165, 1.54) is 34.9 Å². The number of imidazole rings is 1. The van der Waals surface area contributed by atoms with E-state index in [-0.39, 0.29) is 81.6 Å². The van der Waals surface area contributed by atoms with Crippen LogP contribution in [0.25, 0.3) is 11.0 Å². The molecule has 0 radical (unpaired) electrons. The molecule has 0 bridgehead atoms. The number of carbonyl (C=O) groups excluding carboxylic acids is 2. The van der Waals surface area contributed by atoms with Gasteiger partial charge in [-0.2, -0.15) is 0 Å². The van der Waals surface area contributed by atoms with Crippen LogP contribution in [0.2, 0.25) is 10.0 Å². The number of hydrogen-bond acceptors (Lipinski definition) is 6. The zero-order chi connectivity index (χ0) is 36.5. The lowest BCUT2D eigenvalue weighted by Crippen LogP contribution is -2.34. The molecule has 0 aliphatic carbocycles. The van der Waals surface area contributed by atoms with Crippen molar-refractivity contribution in [3.05, 3.63) is 69.7 Å². The van der Waals surface area contributed by atoms with Gasteiger partial charge in [0, 0.05) is 30.7 Å². The molecular weight excluding hydrogens is 713 g/mol. The van der Waals surface area contributed by atoms with E-state index < -0.39 is 42.6 Å². The molecule has 3 aromatic carbocycles. The maximum absolute atomic E-state index is 14.4. The van der Waals surface area contributed by atoms with Gasteiger partial charge in [-0.15, -0.1) is 13.2 Å². The highest BCUT2D eigenvalue weighted by molar-refractivity contribution is 6.39. The molecule has 1 atom stereocenters. The Bertz CT molecular complexity index is 1900. The van der Waals surface area contributed by atoms with Crippen LogP contribution in [0.4, 0.5) is 49.4 Å². The van der Waals surface area contributed by atoms with Gasteiger partial charge in [-0.3, -0.25) is 9.59 Å². The molecule has 5 rings (SSSR count). The summed E-state index contributed by atoms with van der Waals surface area (Å²) in [6, 6.07) is 10.4. The quantitative estimate of drug-likeness (QED) is 0.141. The second kappa shape index (κ2) is 14.5. The Morgan fingerprint density at radius 2 is 1.76 bits per heavy atom. The first-order valence-electron chi connectivity index (χ1n) is 15.3. The third kappa shape index (κ3) is 8.67. The second-order valence-corrected chi connectivity index (χ2v) is 13.4. The topological polar surface area (TPSA) is 101 Å². The number of nitrogens with zero attached hydrogens (tertiary/aromatic N) is 3. The molecule has 3 N–H and O–H groups in total. The highest BCUT2D eigenvalue weighted by atomic mass is 35.5. The number of aromatic nitrogens is 2. The molecular formula is C33H32Cl2F6N6O3. The molecule has 0 saturated carbocycles. The SMILES string of the molecule is CC(C)(C)C(=O)NCc1ccc(Cl)c(Nc2nc3cc(C(=O)Nc4ccc(OC(F)(F)F)cc4)c(N4CC[C@@H](F)C4)cc3n2CC(F)F)c1Cl. The average Bonchev–Trinajstić information content (AvgIpc) is 3.60. The molecule has 4 aromatic rings. The molecule has 2 heterocycles. The molecule has 268 valence electrons. The lowest BCUT2D eigenvalue weighted by molar-refractivity contribution is -0.274. The van der Waals surface area contributed by atoms with E-state index in [2.05, 4.69) is 25.7 Å². The normalized spacial score (nSPS) is 15.1. The van der Waals surface area contributed by atoms with Crippen molar-refractivity contribution in [3.8, 4) is 5.75 Å². The van der Waals surface area contributed by atoms with Crippen LogP contribution in [-0.2, 0) is 17.9 Å². The van der Waals surface area contributed by atoms with Gasteiger partial charge in [0.1, 0.15) is 11.9 Å². The standard InChI is InChI=1S/C33H32Cl2F6N6O3/c1-32(2,3)30(49)42-14-17-4-9-22(34)28(27(17)35)45-31-44-23-12-21(29(48)43-19-5-7-20(8-6-19)50-33(39,40)41)24(46-11-10-18(36)15-46)13-25(23)47(31)16-26(37)38/h4-9,12-13,18,26H,10-11,14-16H2,1-3H3,(H,42,49)(H,43,48)(H,44,45)/t18-/m1/s1. The summed E-state index contributed by atoms with van der Waals surface area (Å²) < 4.78 is 85.2. The Hall–Kier alpha value is -4.37. The third-order valence-electron chi connectivity index (χ3n) is 7.78. The Morgan fingerprint density at radius 1 is 1.06 bits per heavy atom. The number of anilines is 4. The zero-order valence-corrected chi connectivity index (χ0v) is 28.4. The van der Waals surface area contributed by atoms with E-state index in [4.69, 9.17) is 23.2 Å². The lowest BCUT2D eigenvalue weighted by Gasteiger charge is -2.22. The minimum Gasteiger partial charge on any atom is -0.406 e. The van der Waals surface area contributed by atoms with Gasteiger partial charge in [-0.1, -0.05) is 50.0 Å². The molecule has 50 heavy (non-hydrogen) atoms. The van der Waals surface area contributed by atoms with E-state index in [9.17, 15) is 35.9 Å². The molecule has 1 fully saturated rings. The largest absolute Gasteiger partial charge is 0.573 e.